The maximum atomic E-state index is 4.33. The Balaban J connectivity index is 1.93. The number of rotatable bonds is 3. The van der Waals surface area contributed by atoms with E-state index in [0.717, 1.165) is 33.4 Å². The quantitative estimate of drug-likeness (QED) is 0.567. The van der Waals surface area contributed by atoms with Crippen molar-refractivity contribution >= 4 is 0 Å². The summed E-state index contributed by atoms with van der Waals surface area (Å²) in [7, 11) is 0. The second-order valence-corrected chi connectivity index (χ2v) is 5.31. The Hall–Kier alpha value is -3.40. The van der Waals surface area contributed by atoms with Gasteiger partial charge in [-0.05, 0) is 58.7 Å². The van der Waals surface area contributed by atoms with Crippen molar-refractivity contribution in [2.75, 3.05) is 0 Å². The van der Waals surface area contributed by atoms with Crippen LogP contribution in [0.2, 0.25) is 0 Å². The number of aromatic nitrogens is 4. The van der Waals surface area contributed by atoms with Gasteiger partial charge in [0, 0.05) is 60.7 Å². The summed E-state index contributed by atoms with van der Waals surface area (Å²) in [6.07, 6.45) is 14.6. The molecule has 0 amide bonds. The summed E-state index contributed by atoms with van der Waals surface area (Å²) in [6, 6.07) is 12.0. The van der Waals surface area contributed by atoms with Gasteiger partial charge in [0.1, 0.15) is 0 Å². The summed E-state index contributed by atoms with van der Waals surface area (Å²) in [4.78, 5) is 16.9. The standard InChI is InChI=1S/C20H14N4/c1-7-21-8-2-15(1)17-5-11-23-13-19(17)20-14-24-12-6-18(20)16-3-9-22-10-4-16/h1-14H. The van der Waals surface area contributed by atoms with E-state index in [2.05, 4.69) is 19.9 Å². The molecule has 0 fully saturated rings. The average Bonchev–Trinajstić information content (AvgIpc) is 2.69. The molecule has 0 atom stereocenters. The van der Waals surface area contributed by atoms with Crippen LogP contribution in [0.3, 0.4) is 0 Å². The Morgan fingerprint density at radius 1 is 0.375 bits per heavy atom. The average molecular weight is 310 g/mol. The lowest BCUT2D eigenvalue weighted by Gasteiger charge is -2.13. The van der Waals surface area contributed by atoms with Gasteiger partial charge in [-0.25, -0.2) is 0 Å². The molecule has 4 aromatic heterocycles. The van der Waals surface area contributed by atoms with Gasteiger partial charge in [0.25, 0.3) is 0 Å². The van der Waals surface area contributed by atoms with Gasteiger partial charge in [0.15, 0.2) is 0 Å². The highest BCUT2D eigenvalue weighted by molar-refractivity contribution is 5.90. The molecule has 0 aliphatic rings. The van der Waals surface area contributed by atoms with E-state index in [0.29, 0.717) is 0 Å². The molecule has 0 bridgehead atoms. The third-order valence-electron chi connectivity index (χ3n) is 3.91. The fourth-order valence-corrected chi connectivity index (χ4v) is 2.78. The number of nitrogens with zero attached hydrogens (tertiary/aromatic N) is 4. The molecule has 0 spiro atoms. The molecule has 0 saturated heterocycles. The molecule has 0 N–H and O–H groups in total. The first kappa shape index (κ1) is 14.2. The zero-order chi connectivity index (χ0) is 16.2. The second kappa shape index (κ2) is 6.38. The highest BCUT2D eigenvalue weighted by atomic mass is 14.6. The lowest BCUT2D eigenvalue weighted by atomic mass is 9.93. The van der Waals surface area contributed by atoms with E-state index in [1.165, 1.54) is 0 Å². The van der Waals surface area contributed by atoms with E-state index in [1.54, 1.807) is 24.8 Å². The van der Waals surface area contributed by atoms with E-state index < -0.39 is 0 Å². The number of hydrogen-bond donors (Lipinski definition) is 0. The van der Waals surface area contributed by atoms with E-state index in [9.17, 15) is 0 Å². The molecule has 4 heterocycles. The third kappa shape index (κ3) is 2.65. The van der Waals surface area contributed by atoms with Gasteiger partial charge < -0.3 is 0 Å². The highest BCUT2D eigenvalue weighted by Gasteiger charge is 2.12. The summed E-state index contributed by atoms with van der Waals surface area (Å²) < 4.78 is 0. The summed E-state index contributed by atoms with van der Waals surface area (Å²) in [6.45, 7) is 0. The minimum absolute atomic E-state index is 1.05. The van der Waals surface area contributed by atoms with Crippen LogP contribution in [0.1, 0.15) is 0 Å². The summed E-state index contributed by atoms with van der Waals surface area (Å²) in [5.74, 6) is 0. The fraction of sp³-hybridized carbons (Fsp3) is 0. The predicted octanol–water partition coefficient (Wildman–Crippen LogP) is 4.27. The van der Waals surface area contributed by atoms with Crippen molar-refractivity contribution in [3.8, 4) is 33.4 Å². The zero-order valence-corrected chi connectivity index (χ0v) is 12.9. The van der Waals surface area contributed by atoms with Gasteiger partial charge in [-0.15, -0.1) is 0 Å². The lowest BCUT2D eigenvalue weighted by Crippen LogP contribution is -1.91. The van der Waals surface area contributed by atoms with Crippen LogP contribution in [0.5, 0.6) is 0 Å². The van der Waals surface area contributed by atoms with E-state index in [-0.39, 0.29) is 0 Å². The topological polar surface area (TPSA) is 51.6 Å². The Morgan fingerprint density at radius 3 is 1.17 bits per heavy atom. The summed E-state index contributed by atoms with van der Waals surface area (Å²) >= 11 is 0. The van der Waals surface area contributed by atoms with Crippen molar-refractivity contribution in [2.24, 2.45) is 0 Å². The minimum Gasteiger partial charge on any atom is -0.265 e. The maximum Gasteiger partial charge on any atom is 0.0353 e. The molecule has 0 saturated carbocycles. The van der Waals surface area contributed by atoms with Crippen LogP contribution in [0.25, 0.3) is 33.4 Å². The molecule has 4 rings (SSSR count). The normalized spacial score (nSPS) is 10.5. The van der Waals surface area contributed by atoms with E-state index >= 15 is 0 Å². The van der Waals surface area contributed by atoms with Crippen molar-refractivity contribution in [3.05, 3.63) is 86.0 Å². The minimum atomic E-state index is 1.05. The Kier molecular flexibility index (Phi) is 3.78. The first-order chi connectivity index (χ1) is 11.9. The largest absolute Gasteiger partial charge is 0.265 e. The number of hydrogen-bond acceptors (Lipinski definition) is 4. The number of pyridine rings is 4. The Bertz CT molecular complexity index is 872. The van der Waals surface area contributed by atoms with Gasteiger partial charge in [-0.3, -0.25) is 19.9 Å². The van der Waals surface area contributed by atoms with E-state index in [1.807, 2.05) is 61.2 Å². The van der Waals surface area contributed by atoms with Crippen molar-refractivity contribution in [3.63, 3.8) is 0 Å². The van der Waals surface area contributed by atoms with Crippen molar-refractivity contribution in [1.29, 1.82) is 0 Å². The Labute approximate surface area is 139 Å². The first-order valence-electron chi connectivity index (χ1n) is 7.62. The molecule has 0 aliphatic heterocycles. The van der Waals surface area contributed by atoms with Crippen LogP contribution in [-0.2, 0) is 0 Å². The molecule has 0 aromatic carbocycles. The van der Waals surface area contributed by atoms with Gasteiger partial charge in [0.2, 0.25) is 0 Å². The lowest BCUT2D eigenvalue weighted by molar-refractivity contribution is 1.28. The predicted molar refractivity (Wildman–Crippen MR) is 93.9 cm³/mol. The molecule has 4 nitrogen and oxygen atoms in total. The van der Waals surface area contributed by atoms with Crippen LogP contribution >= 0.6 is 0 Å². The molecular weight excluding hydrogens is 296 g/mol. The van der Waals surface area contributed by atoms with Crippen LogP contribution in [0.4, 0.5) is 0 Å². The van der Waals surface area contributed by atoms with Crippen LogP contribution in [0, 0.1) is 0 Å². The molecule has 0 radical (unpaired) electrons. The highest BCUT2D eigenvalue weighted by Crippen LogP contribution is 2.36. The van der Waals surface area contributed by atoms with Gasteiger partial charge in [0.05, 0.1) is 0 Å². The van der Waals surface area contributed by atoms with Crippen LogP contribution in [-0.4, -0.2) is 19.9 Å². The van der Waals surface area contributed by atoms with Gasteiger partial charge in [-0.1, -0.05) is 0 Å². The smallest absolute Gasteiger partial charge is 0.0353 e. The molecule has 0 unspecified atom stereocenters. The SMILES string of the molecule is c1cc(-c2ccncc2-c2cnccc2-c2ccncc2)ccn1. The molecule has 114 valence electrons. The van der Waals surface area contributed by atoms with Crippen LogP contribution < -0.4 is 0 Å². The molecular formula is C20H14N4. The monoisotopic (exact) mass is 310 g/mol. The maximum absolute atomic E-state index is 4.33. The van der Waals surface area contributed by atoms with Crippen molar-refractivity contribution in [2.45, 2.75) is 0 Å². The second-order valence-electron chi connectivity index (χ2n) is 5.31. The van der Waals surface area contributed by atoms with Crippen molar-refractivity contribution in [1.82, 2.24) is 19.9 Å². The van der Waals surface area contributed by atoms with Gasteiger partial charge >= 0.3 is 0 Å². The third-order valence-corrected chi connectivity index (χ3v) is 3.91. The molecule has 0 aliphatic carbocycles. The van der Waals surface area contributed by atoms with E-state index in [4.69, 9.17) is 0 Å². The zero-order valence-electron chi connectivity index (χ0n) is 12.9. The molecule has 4 heteroatoms. The molecule has 24 heavy (non-hydrogen) atoms. The Morgan fingerprint density at radius 2 is 0.750 bits per heavy atom. The first-order valence-corrected chi connectivity index (χ1v) is 7.62. The van der Waals surface area contributed by atoms with Gasteiger partial charge in [-0.2, -0.15) is 0 Å². The molecule has 4 aromatic rings. The van der Waals surface area contributed by atoms with Crippen molar-refractivity contribution < 1.29 is 0 Å². The van der Waals surface area contributed by atoms with Crippen LogP contribution in [0.15, 0.2) is 86.0 Å². The summed E-state index contributed by atoms with van der Waals surface area (Å²) in [5.41, 5.74) is 6.51. The fourth-order valence-electron chi connectivity index (χ4n) is 2.78. The summed E-state index contributed by atoms with van der Waals surface area (Å²) in [5, 5.41) is 0.